The Labute approximate surface area is 199 Å². The smallest absolute Gasteiger partial charge is 0.411 e. The summed E-state index contributed by atoms with van der Waals surface area (Å²) in [5, 5.41) is 3.90. The molecule has 1 unspecified atom stereocenters. The fourth-order valence-corrected chi connectivity index (χ4v) is 4.23. The lowest BCUT2D eigenvalue weighted by atomic mass is 9.91. The molecule has 2 aromatic carbocycles. The van der Waals surface area contributed by atoms with E-state index in [0.29, 0.717) is 42.3 Å². The van der Waals surface area contributed by atoms with E-state index in [1.165, 1.54) is 4.90 Å². The maximum Gasteiger partial charge on any atom is 0.411 e. The highest BCUT2D eigenvalue weighted by Crippen LogP contribution is 2.39. The molecule has 0 spiro atoms. The molecular formula is C26H31N3O5. The van der Waals surface area contributed by atoms with Crippen LogP contribution in [0, 0.1) is 0 Å². The summed E-state index contributed by atoms with van der Waals surface area (Å²) >= 11 is 0. The van der Waals surface area contributed by atoms with Gasteiger partial charge in [-0.05, 0) is 63.4 Å². The molecule has 1 atom stereocenters. The number of anilines is 1. The van der Waals surface area contributed by atoms with Gasteiger partial charge in [-0.3, -0.25) is 9.69 Å². The molecule has 1 aliphatic heterocycles. The van der Waals surface area contributed by atoms with E-state index in [2.05, 4.69) is 10.3 Å². The number of fused-ring (bicyclic) bond motifs is 2. The van der Waals surface area contributed by atoms with Gasteiger partial charge in [-0.25, -0.2) is 4.79 Å². The van der Waals surface area contributed by atoms with Crippen LogP contribution in [0.5, 0.6) is 11.5 Å². The Morgan fingerprint density at radius 2 is 1.94 bits per heavy atom. The van der Waals surface area contributed by atoms with Gasteiger partial charge in [0.05, 0.1) is 19.4 Å². The number of rotatable bonds is 5. The first-order valence-corrected chi connectivity index (χ1v) is 11.4. The summed E-state index contributed by atoms with van der Waals surface area (Å²) in [5.74, 6) is 0.797. The Morgan fingerprint density at radius 1 is 1.18 bits per heavy atom. The van der Waals surface area contributed by atoms with E-state index in [-0.39, 0.29) is 5.91 Å². The molecule has 2 amide bonds. The largest absolute Gasteiger partial charge is 0.493 e. The number of carbonyl (C=O) groups is 2. The van der Waals surface area contributed by atoms with E-state index in [9.17, 15) is 9.59 Å². The Bertz CT molecular complexity index is 1210. The number of para-hydroxylation sites is 1. The number of ether oxygens (including phenoxy) is 3. The molecule has 2 N–H and O–H groups in total. The molecule has 2 heterocycles. The first-order valence-electron chi connectivity index (χ1n) is 11.4. The lowest BCUT2D eigenvalue weighted by Crippen LogP contribution is -2.47. The highest BCUT2D eigenvalue weighted by Gasteiger charge is 2.39. The number of benzene rings is 2. The van der Waals surface area contributed by atoms with Crippen molar-refractivity contribution >= 4 is 28.6 Å². The van der Waals surface area contributed by atoms with Gasteiger partial charge in [0.1, 0.15) is 11.6 Å². The predicted octanol–water partition coefficient (Wildman–Crippen LogP) is 5.05. The lowest BCUT2D eigenvalue weighted by molar-refractivity contribution is -0.121. The summed E-state index contributed by atoms with van der Waals surface area (Å²) in [5.41, 5.74) is 2.49. The first kappa shape index (κ1) is 23.5. The molecule has 180 valence electrons. The van der Waals surface area contributed by atoms with E-state index in [1.807, 2.05) is 58.0 Å². The van der Waals surface area contributed by atoms with Crippen LogP contribution in [0.15, 0.2) is 42.6 Å². The molecule has 0 saturated heterocycles. The van der Waals surface area contributed by atoms with Gasteiger partial charge in [-0.15, -0.1) is 0 Å². The van der Waals surface area contributed by atoms with Crippen molar-refractivity contribution in [2.24, 2.45) is 0 Å². The number of nitrogens with zero attached hydrogens (tertiary/aromatic N) is 1. The second-order valence-electron chi connectivity index (χ2n) is 9.20. The second kappa shape index (κ2) is 9.29. The number of hydrogen-bond acceptors (Lipinski definition) is 5. The lowest BCUT2D eigenvalue weighted by Gasteiger charge is -2.37. The standard InChI is InChI=1S/C26H31N3O5/c1-6-33-22-14-18-16(13-21(22)32-5)11-12-29(25(31)34-26(2,3)4)23(18)24(30)28-20-15-27-19-10-8-7-9-17(19)20/h7-10,13-15,23,27H,6,11-12H2,1-5H3,(H,28,30). The number of aromatic nitrogens is 1. The Balaban J connectivity index is 1.76. The van der Waals surface area contributed by atoms with Crippen LogP contribution in [0.2, 0.25) is 0 Å². The van der Waals surface area contributed by atoms with Crippen LogP contribution in [-0.2, 0) is 16.0 Å². The molecule has 3 aromatic rings. The highest BCUT2D eigenvalue weighted by atomic mass is 16.6. The molecule has 8 heteroatoms. The predicted molar refractivity (Wildman–Crippen MR) is 130 cm³/mol. The number of H-pyrrole nitrogens is 1. The minimum Gasteiger partial charge on any atom is -0.493 e. The molecule has 0 bridgehead atoms. The van der Waals surface area contributed by atoms with Crippen LogP contribution in [0.1, 0.15) is 44.9 Å². The van der Waals surface area contributed by atoms with Crippen molar-refractivity contribution < 1.29 is 23.8 Å². The number of amides is 2. The van der Waals surface area contributed by atoms with Crippen molar-refractivity contribution in [1.29, 1.82) is 0 Å². The molecule has 4 rings (SSSR count). The van der Waals surface area contributed by atoms with Crippen molar-refractivity contribution in [3.8, 4) is 11.5 Å². The minimum atomic E-state index is -0.891. The molecule has 8 nitrogen and oxygen atoms in total. The number of aromatic amines is 1. The number of hydrogen-bond donors (Lipinski definition) is 2. The molecule has 1 aliphatic rings. The fraction of sp³-hybridized carbons (Fsp3) is 0.385. The quantitative estimate of drug-likeness (QED) is 0.550. The van der Waals surface area contributed by atoms with Crippen LogP contribution < -0.4 is 14.8 Å². The van der Waals surface area contributed by atoms with Crippen molar-refractivity contribution in [3.05, 3.63) is 53.7 Å². The van der Waals surface area contributed by atoms with Crippen LogP contribution in [-0.4, -0.2) is 47.7 Å². The van der Waals surface area contributed by atoms with Gasteiger partial charge in [-0.1, -0.05) is 18.2 Å². The monoisotopic (exact) mass is 465 g/mol. The third-order valence-corrected chi connectivity index (χ3v) is 5.68. The zero-order valence-electron chi connectivity index (χ0n) is 20.2. The van der Waals surface area contributed by atoms with Gasteiger partial charge in [-0.2, -0.15) is 0 Å². The van der Waals surface area contributed by atoms with Crippen molar-refractivity contribution in [2.45, 2.75) is 45.8 Å². The Hall–Kier alpha value is -3.68. The van der Waals surface area contributed by atoms with Crippen molar-refractivity contribution in [2.75, 3.05) is 25.6 Å². The molecular weight excluding hydrogens is 434 g/mol. The maximum absolute atomic E-state index is 13.7. The number of nitrogens with one attached hydrogen (secondary N) is 2. The van der Waals surface area contributed by atoms with Crippen LogP contribution in [0.3, 0.4) is 0 Å². The maximum atomic E-state index is 13.7. The average Bonchev–Trinajstić information content (AvgIpc) is 3.19. The van der Waals surface area contributed by atoms with Gasteiger partial charge < -0.3 is 24.5 Å². The topological polar surface area (TPSA) is 92.9 Å². The molecule has 1 aromatic heterocycles. The highest BCUT2D eigenvalue weighted by molar-refractivity contribution is 6.04. The van der Waals surface area contributed by atoms with Gasteiger partial charge in [0.25, 0.3) is 5.91 Å². The van der Waals surface area contributed by atoms with E-state index in [0.717, 1.165) is 16.5 Å². The fourth-order valence-electron chi connectivity index (χ4n) is 4.23. The summed E-state index contributed by atoms with van der Waals surface area (Å²) in [6.07, 6.45) is 1.78. The third kappa shape index (κ3) is 4.66. The van der Waals surface area contributed by atoms with Crippen molar-refractivity contribution in [3.63, 3.8) is 0 Å². The van der Waals surface area contributed by atoms with E-state index in [1.54, 1.807) is 19.4 Å². The number of carbonyl (C=O) groups excluding carboxylic acids is 2. The first-order chi connectivity index (χ1) is 16.2. The van der Waals surface area contributed by atoms with E-state index < -0.39 is 17.7 Å². The van der Waals surface area contributed by atoms with Crippen molar-refractivity contribution in [1.82, 2.24) is 9.88 Å². The summed E-state index contributed by atoms with van der Waals surface area (Å²) in [6, 6.07) is 10.5. The summed E-state index contributed by atoms with van der Waals surface area (Å²) < 4.78 is 16.9. The average molecular weight is 466 g/mol. The minimum absolute atomic E-state index is 0.329. The summed E-state index contributed by atoms with van der Waals surface area (Å²) in [7, 11) is 1.58. The summed E-state index contributed by atoms with van der Waals surface area (Å²) in [6.45, 7) is 8.08. The van der Waals surface area contributed by atoms with Gasteiger partial charge >= 0.3 is 6.09 Å². The SMILES string of the molecule is CCOc1cc2c(cc1OC)CCN(C(=O)OC(C)(C)C)C2C(=O)Nc1c[nH]c2ccccc12. The number of methoxy groups -OCH3 is 1. The van der Waals surface area contributed by atoms with Gasteiger partial charge in [0.2, 0.25) is 0 Å². The zero-order valence-corrected chi connectivity index (χ0v) is 20.2. The third-order valence-electron chi connectivity index (χ3n) is 5.68. The molecule has 0 radical (unpaired) electrons. The van der Waals surface area contributed by atoms with Crippen LogP contribution in [0.25, 0.3) is 10.9 Å². The molecule has 0 saturated carbocycles. The Morgan fingerprint density at radius 3 is 2.65 bits per heavy atom. The normalized spacial score (nSPS) is 15.6. The Kier molecular flexibility index (Phi) is 6.41. The zero-order chi connectivity index (χ0) is 24.5. The van der Waals surface area contributed by atoms with E-state index in [4.69, 9.17) is 14.2 Å². The van der Waals surface area contributed by atoms with Crippen LogP contribution in [0.4, 0.5) is 10.5 Å². The van der Waals surface area contributed by atoms with Crippen LogP contribution >= 0.6 is 0 Å². The van der Waals surface area contributed by atoms with E-state index >= 15 is 0 Å². The molecule has 34 heavy (non-hydrogen) atoms. The second-order valence-corrected chi connectivity index (χ2v) is 9.20. The van der Waals surface area contributed by atoms with Gasteiger partial charge in [0, 0.05) is 23.6 Å². The molecule has 0 fully saturated rings. The molecule has 0 aliphatic carbocycles. The van der Waals surface area contributed by atoms with Gasteiger partial charge in [0.15, 0.2) is 11.5 Å². The summed E-state index contributed by atoms with van der Waals surface area (Å²) in [4.78, 5) is 31.5.